The Morgan fingerprint density at radius 3 is 2.33 bits per heavy atom. The maximum absolute atomic E-state index is 13.0. The van der Waals surface area contributed by atoms with Gasteiger partial charge in [0.05, 0.1) is 5.56 Å². The molecule has 0 fully saturated rings. The van der Waals surface area contributed by atoms with Gasteiger partial charge in [-0.2, -0.15) is 13.2 Å². The average molecular weight is 225 g/mol. The number of rotatable bonds is 2. The topological polar surface area (TPSA) is 26.0 Å². The van der Waals surface area contributed by atoms with E-state index in [1.807, 2.05) is 0 Å². The van der Waals surface area contributed by atoms with Crippen LogP contribution in [0.1, 0.15) is 17.3 Å². The minimum Gasteiger partial charge on any atom is -0.327 e. The number of hydrogen-bond donors (Lipinski definition) is 1. The van der Waals surface area contributed by atoms with Crippen molar-refractivity contribution in [3.05, 3.63) is 35.1 Å². The van der Waals surface area contributed by atoms with Crippen LogP contribution < -0.4 is 5.73 Å². The monoisotopic (exact) mass is 225 g/mol. The molecule has 1 nitrogen and oxygen atoms in total. The molecule has 0 saturated carbocycles. The summed E-state index contributed by atoms with van der Waals surface area (Å²) in [7, 11) is 0. The van der Waals surface area contributed by atoms with Gasteiger partial charge in [-0.05, 0) is 18.2 Å². The number of hydrogen-bond acceptors (Lipinski definition) is 1. The smallest absolute Gasteiger partial charge is 0.327 e. The van der Waals surface area contributed by atoms with Gasteiger partial charge in [-0.3, -0.25) is 0 Å². The Bertz CT molecular complexity index is 347. The first-order chi connectivity index (χ1) is 6.86. The molecule has 6 heteroatoms. The molecule has 0 aliphatic rings. The van der Waals surface area contributed by atoms with E-state index in [4.69, 9.17) is 5.73 Å². The van der Waals surface area contributed by atoms with Gasteiger partial charge in [0, 0.05) is 12.1 Å². The van der Waals surface area contributed by atoms with Gasteiger partial charge in [0.1, 0.15) is 12.0 Å². The molecule has 0 aliphatic carbocycles. The Morgan fingerprint density at radius 2 is 1.87 bits per heavy atom. The van der Waals surface area contributed by atoms with Gasteiger partial charge in [-0.15, -0.1) is 0 Å². The molecular formula is C9H8F5N. The summed E-state index contributed by atoms with van der Waals surface area (Å²) >= 11 is 0. The Hall–Kier alpha value is -1.17. The molecule has 0 bridgehead atoms. The van der Waals surface area contributed by atoms with Crippen molar-refractivity contribution in [2.75, 3.05) is 6.54 Å². The molecule has 0 amide bonds. The summed E-state index contributed by atoms with van der Waals surface area (Å²) in [6, 6.07) is 1.58. The first-order valence-electron chi connectivity index (χ1n) is 4.07. The van der Waals surface area contributed by atoms with E-state index >= 15 is 0 Å². The third-order valence-corrected chi connectivity index (χ3v) is 1.87. The number of benzene rings is 1. The van der Waals surface area contributed by atoms with Gasteiger partial charge >= 0.3 is 6.18 Å². The summed E-state index contributed by atoms with van der Waals surface area (Å²) in [5, 5.41) is 0. The molecule has 84 valence electrons. The van der Waals surface area contributed by atoms with E-state index in [-0.39, 0.29) is 0 Å². The van der Waals surface area contributed by atoms with Crippen LogP contribution in [0, 0.1) is 5.82 Å². The minimum atomic E-state index is -4.61. The summed E-state index contributed by atoms with van der Waals surface area (Å²) in [5.74, 6) is -1.03. The third kappa shape index (κ3) is 2.65. The van der Waals surface area contributed by atoms with Crippen LogP contribution in [0.4, 0.5) is 22.0 Å². The van der Waals surface area contributed by atoms with E-state index < -0.39 is 35.8 Å². The van der Waals surface area contributed by atoms with Crippen LogP contribution in [0.2, 0.25) is 0 Å². The Kier molecular flexibility index (Phi) is 3.28. The predicted octanol–water partition coefficient (Wildman–Crippen LogP) is 2.81. The van der Waals surface area contributed by atoms with Crippen molar-refractivity contribution in [2.45, 2.75) is 12.3 Å². The lowest BCUT2D eigenvalue weighted by molar-refractivity contribution is -0.137. The molecule has 1 aromatic rings. The Morgan fingerprint density at radius 1 is 1.27 bits per heavy atom. The zero-order valence-electron chi connectivity index (χ0n) is 7.48. The van der Waals surface area contributed by atoms with Gasteiger partial charge < -0.3 is 5.73 Å². The molecule has 1 rings (SSSR count). The second kappa shape index (κ2) is 4.14. The van der Waals surface area contributed by atoms with E-state index in [1.165, 1.54) is 0 Å². The van der Waals surface area contributed by atoms with E-state index in [2.05, 4.69) is 0 Å². The molecule has 15 heavy (non-hydrogen) atoms. The second-order valence-corrected chi connectivity index (χ2v) is 2.94. The molecule has 0 spiro atoms. The minimum absolute atomic E-state index is 0.437. The van der Waals surface area contributed by atoms with Crippen LogP contribution in [0.15, 0.2) is 18.2 Å². The fraction of sp³-hybridized carbons (Fsp3) is 0.333. The fourth-order valence-electron chi connectivity index (χ4n) is 1.09. The first kappa shape index (κ1) is 11.9. The second-order valence-electron chi connectivity index (χ2n) is 2.94. The quantitative estimate of drug-likeness (QED) is 0.769. The van der Waals surface area contributed by atoms with Crippen LogP contribution in [0.5, 0.6) is 0 Å². The van der Waals surface area contributed by atoms with Crippen molar-refractivity contribution in [3.8, 4) is 0 Å². The van der Waals surface area contributed by atoms with Crippen molar-refractivity contribution in [1.82, 2.24) is 0 Å². The highest BCUT2D eigenvalue weighted by Gasteiger charge is 2.31. The Labute approximate surface area is 82.7 Å². The summed E-state index contributed by atoms with van der Waals surface area (Å²) in [5.41, 5.74) is 3.16. The highest BCUT2D eigenvalue weighted by molar-refractivity contribution is 5.28. The van der Waals surface area contributed by atoms with Crippen LogP contribution in [0.25, 0.3) is 0 Å². The summed E-state index contributed by atoms with van der Waals surface area (Å²) in [4.78, 5) is 0. The van der Waals surface area contributed by atoms with Gasteiger partial charge in [0.2, 0.25) is 0 Å². The van der Waals surface area contributed by atoms with Crippen LogP contribution >= 0.6 is 0 Å². The molecule has 0 radical (unpaired) electrons. The maximum atomic E-state index is 13.0. The highest BCUT2D eigenvalue weighted by atomic mass is 19.4. The standard InChI is InChI=1S/C9H8F5N/c10-7-2-1-5(9(12,13)14)3-6(7)8(11)4-15/h1-3,8H,4,15H2. The van der Waals surface area contributed by atoms with Crippen LogP contribution in [-0.4, -0.2) is 6.54 Å². The number of halogens is 5. The van der Waals surface area contributed by atoms with Crippen molar-refractivity contribution in [1.29, 1.82) is 0 Å². The lowest BCUT2D eigenvalue weighted by Gasteiger charge is -2.11. The van der Waals surface area contributed by atoms with Gasteiger partial charge in [0.25, 0.3) is 0 Å². The SMILES string of the molecule is NCC(F)c1cc(C(F)(F)F)ccc1F. The van der Waals surface area contributed by atoms with Gasteiger partial charge in [-0.1, -0.05) is 0 Å². The predicted molar refractivity (Wildman–Crippen MR) is 44.3 cm³/mol. The number of nitrogens with two attached hydrogens (primary N) is 1. The molecule has 1 aromatic carbocycles. The van der Waals surface area contributed by atoms with Crippen molar-refractivity contribution in [3.63, 3.8) is 0 Å². The lowest BCUT2D eigenvalue weighted by atomic mass is 10.1. The largest absolute Gasteiger partial charge is 0.416 e. The zero-order valence-corrected chi connectivity index (χ0v) is 7.48. The first-order valence-corrected chi connectivity index (χ1v) is 4.07. The van der Waals surface area contributed by atoms with Gasteiger partial charge in [0.15, 0.2) is 0 Å². The highest BCUT2D eigenvalue weighted by Crippen LogP contribution is 2.32. The summed E-state index contributed by atoms with van der Waals surface area (Å²) in [6.07, 6.45) is -6.54. The third-order valence-electron chi connectivity index (χ3n) is 1.87. The molecule has 0 aromatic heterocycles. The average Bonchev–Trinajstić information content (AvgIpc) is 2.15. The fourth-order valence-corrected chi connectivity index (χ4v) is 1.09. The zero-order chi connectivity index (χ0) is 11.6. The molecule has 0 heterocycles. The lowest BCUT2D eigenvalue weighted by Crippen LogP contribution is -2.12. The molecule has 0 aliphatic heterocycles. The van der Waals surface area contributed by atoms with E-state index in [9.17, 15) is 22.0 Å². The molecule has 0 saturated heterocycles. The Balaban J connectivity index is 3.17. The maximum Gasteiger partial charge on any atom is 0.416 e. The van der Waals surface area contributed by atoms with Crippen molar-refractivity contribution >= 4 is 0 Å². The molecular weight excluding hydrogens is 217 g/mol. The van der Waals surface area contributed by atoms with Crippen molar-refractivity contribution in [2.24, 2.45) is 5.73 Å². The molecule has 1 unspecified atom stereocenters. The van der Waals surface area contributed by atoms with E-state index in [0.29, 0.717) is 18.2 Å². The van der Waals surface area contributed by atoms with Gasteiger partial charge in [-0.25, -0.2) is 8.78 Å². The normalized spacial score (nSPS) is 14.0. The summed E-state index contributed by atoms with van der Waals surface area (Å²) < 4.78 is 62.5. The molecule has 1 atom stereocenters. The number of alkyl halides is 4. The van der Waals surface area contributed by atoms with E-state index in [0.717, 1.165) is 0 Å². The van der Waals surface area contributed by atoms with Crippen LogP contribution in [0.3, 0.4) is 0 Å². The van der Waals surface area contributed by atoms with Crippen LogP contribution in [-0.2, 0) is 6.18 Å². The summed E-state index contributed by atoms with van der Waals surface area (Å²) in [6.45, 7) is -0.557. The molecule has 2 N–H and O–H groups in total. The van der Waals surface area contributed by atoms with Crippen molar-refractivity contribution < 1.29 is 22.0 Å². The van der Waals surface area contributed by atoms with E-state index in [1.54, 1.807) is 0 Å².